The van der Waals surface area contributed by atoms with E-state index in [0.29, 0.717) is 12.5 Å². The van der Waals surface area contributed by atoms with Gasteiger partial charge in [-0.15, -0.1) is 0 Å². The highest BCUT2D eigenvalue weighted by Crippen LogP contribution is 2.51. The average Bonchev–Trinajstić information content (AvgIpc) is 2.86. The number of rotatable bonds is 1. The Bertz CT molecular complexity index is 548. The van der Waals surface area contributed by atoms with Crippen LogP contribution in [0.1, 0.15) is 12.8 Å². The number of methoxy groups -OCH3 is 1. The highest BCUT2D eigenvalue weighted by Gasteiger charge is 2.53. The molecule has 0 amide bonds. The quantitative estimate of drug-likeness (QED) is 0.678. The van der Waals surface area contributed by atoms with E-state index in [2.05, 4.69) is 23.1 Å². The molecule has 0 bridgehead atoms. The second kappa shape index (κ2) is 4.30. The molecule has 4 aliphatic rings. The molecular formula is C16H19NO3. The molecule has 1 unspecified atom stereocenters. The molecule has 1 fully saturated rings. The van der Waals surface area contributed by atoms with E-state index in [1.54, 1.807) is 13.2 Å². The van der Waals surface area contributed by atoms with Crippen LogP contribution in [0.25, 0.3) is 0 Å². The average molecular weight is 273 g/mol. The molecule has 0 saturated carbocycles. The molecule has 0 aromatic heterocycles. The summed E-state index contributed by atoms with van der Waals surface area (Å²) in [5, 5.41) is 0. The van der Waals surface area contributed by atoms with Crippen molar-refractivity contribution in [3.63, 3.8) is 0 Å². The summed E-state index contributed by atoms with van der Waals surface area (Å²) in [7, 11) is 1.75. The zero-order chi connectivity index (χ0) is 13.7. The predicted molar refractivity (Wildman–Crippen MR) is 74.1 cm³/mol. The highest BCUT2D eigenvalue weighted by atomic mass is 16.5. The zero-order valence-electron chi connectivity index (χ0n) is 11.7. The molecule has 4 nitrogen and oxygen atoms in total. The molecule has 1 aliphatic carbocycles. The van der Waals surface area contributed by atoms with Crippen LogP contribution in [0.5, 0.6) is 0 Å². The summed E-state index contributed by atoms with van der Waals surface area (Å²) in [4.78, 5) is 14.2. The molecule has 1 spiro atoms. The van der Waals surface area contributed by atoms with Gasteiger partial charge in [-0.05, 0) is 17.6 Å². The SMILES string of the molecule is CO[C@H]1C=CC2=CCN3CCC4COC(=O)C=C4[C@]23C1. The normalized spacial score (nSPS) is 39.4. The summed E-state index contributed by atoms with van der Waals surface area (Å²) in [5.74, 6) is 0.178. The van der Waals surface area contributed by atoms with Gasteiger partial charge in [0.2, 0.25) is 0 Å². The molecule has 3 atom stereocenters. The maximum absolute atomic E-state index is 11.7. The topological polar surface area (TPSA) is 38.8 Å². The largest absolute Gasteiger partial charge is 0.462 e. The standard InChI is InChI=1S/C16H19NO3/c1-19-13-3-2-12-5-7-17-6-4-11-10-20-15(18)8-14(11)16(12,17)9-13/h2-3,5,8,11,13H,4,6-7,9-10H2,1H3/t11?,13-,16-/m0/s1. The van der Waals surface area contributed by atoms with E-state index in [0.717, 1.165) is 25.9 Å². The van der Waals surface area contributed by atoms with Crippen molar-refractivity contribution in [3.05, 3.63) is 35.5 Å². The van der Waals surface area contributed by atoms with Crippen LogP contribution in [-0.4, -0.2) is 49.3 Å². The van der Waals surface area contributed by atoms with Crippen LogP contribution in [-0.2, 0) is 14.3 Å². The van der Waals surface area contributed by atoms with Gasteiger partial charge in [-0.2, -0.15) is 0 Å². The van der Waals surface area contributed by atoms with Gasteiger partial charge in [0.15, 0.2) is 0 Å². The Morgan fingerprint density at radius 2 is 2.40 bits per heavy atom. The third-order valence-electron chi connectivity index (χ3n) is 5.20. The molecule has 106 valence electrons. The Balaban J connectivity index is 1.84. The fourth-order valence-corrected chi connectivity index (χ4v) is 4.22. The third-order valence-corrected chi connectivity index (χ3v) is 5.20. The molecule has 20 heavy (non-hydrogen) atoms. The number of esters is 1. The molecule has 4 rings (SSSR count). The first-order valence-corrected chi connectivity index (χ1v) is 7.29. The summed E-state index contributed by atoms with van der Waals surface area (Å²) in [6.45, 7) is 2.56. The fraction of sp³-hybridized carbons (Fsp3) is 0.562. The number of hydrogen-bond donors (Lipinski definition) is 0. The van der Waals surface area contributed by atoms with E-state index in [1.165, 1.54) is 11.1 Å². The van der Waals surface area contributed by atoms with Gasteiger partial charge in [0.05, 0.1) is 18.2 Å². The first kappa shape index (κ1) is 12.4. The van der Waals surface area contributed by atoms with Gasteiger partial charge in [-0.25, -0.2) is 4.79 Å². The number of carbonyl (C=O) groups is 1. The lowest BCUT2D eigenvalue weighted by Crippen LogP contribution is -2.57. The van der Waals surface area contributed by atoms with Crippen molar-refractivity contribution in [1.82, 2.24) is 4.90 Å². The molecule has 0 aromatic rings. The van der Waals surface area contributed by atoms with Crippen LogP contribution in [0.2, 0.25) is 0 Å². The maximum Gasteiger partial charge on any atom is 0.330 e. The summed E-state index contributed by atoms with van der Waals surface area (Å²) in [5.41, 5.74) is 2.45. The third kappa shape index (κ3) is 1.52. The maximum atomic E-state index is 11.7. The van der Waals surface area contributed by atoms with Crippen LogP contribution < -0.4 is 0 Å². The van der Waals surface area contributed by atoms with Crippen LogP contribution in [0.3, 0.4) is 0 Å². The first-order valence-electron chi connectivity index (χ1n) is 7.29. The van der Waals surface area contributed by atoms with Crippen molar-refractivity contribution in [2.75, 3.05) is 26.8 Å². The monoisotopic (exact) mass is 273 g/mol. The van der Waals surface area contributed by atoms with E-state index in [1.807, 2.05) is 0 Å². The minimum absolute atomic E-state index is 0.116. The van der Waals surface area contributed by atoms with Gasteiger partial charge in [-0.1, -0.05) is 18.2 Å². The highest BCUT2D eigenvalue weighted by molar-refractivity contribution is 5.85. The molecule has 1 saturated heterocycles. The van der Waals surface area contributed by atoms with Gasteiger partial charge in [-0.3, -0.25) is 4.90 Å². The molecule has 0 N–H and O–H groups in total. The molecular weight excluding hydrogens is 254 g/mol. The van der Waals surface area contributed by atoms with Gasteiger partial charge in [0, 0.05) is 38.6 Å². The van der Waals surface area contributed by atoms with E-state index < -0.39 is 0 Å². The Morgan fingerprint density at radius 1 is 1.50 bits per heavy atom. The van der Waals surface area contributed by atoms with E-state index in [9.17, 15) is 4.79 Å². The van der Waals surface area contributed by atoms with Gasteiger partial charge < -0.3 is 9.47 Å². The summed E-state index contributed by atoms with van der Waals surface area (Å²) in [6, 6.07) is 0. The van der Waals surface area contributed by atoms with Crippen LogP contribution >= 0.6 is 0 Å². The van der Waals surface area contributed by atoms with Crippen LogP contribution in [0.4, 0.5) is 0 Å². The summed E-state index contributed by atoms with van der Waals surface area (Å²) < 4.78 is 10.8. The number of nitrogens with zero attached hydrogens (tertiary/aromatic N) is 1. The second-order valence-electron chi connectivity index (χ2n) is 6.02. The minimum Gasteiger partial charge on any atom is -0.462 e. The van der Waals surface area contributed by atoms with E-state index in [-0.39, 0.29) is 17.6 Å². The van der Waals surface area contributed by atoms with Crippen LogP contribution in [0, 0.1) is 5.92 Å². The summed E-state index contributed by atoms with van der Waals surface area (Å²) in [6.07, 6.45) is 10.4. The van der Waals surface area contributed by atoms with E-state index >= 15 is 0 Å². The van der Waals surface area contributed by atoms with Crippen LogP contribution in [0.15, 0.2) is 35.5 Å². The van der Waals surface area contributed by atoms with Crippen molar-refractivity contribution < 1.29 is 14.3 Å². The van der Waals surface area contributed by atoms with Crippen molar-refractivity contribution in [2.45, 2.75) is 24.5 Å². The smallest absolute Gasteiger partial charge is 0.330 e. The number of piperidine rings is 1. The molecule has 4 heteroatoms. The van der Waals surface area contributed by atoms with Crippen molar-refractivity contribution >= 4 is 5.97 Å². The second-order valence-corrected chi connectivity index (χ2v) is 6.02. The molecule has 0 aromatic carbocycles. The Morgan fingerprint density at radius 3 is 3.25 bits per heavy atom. The number of hydrogen-bond acceptors (Lipinski definition) is 4. The van der Waals surface area contributed by atoms with Gasteiger partial charge in [0.25, 0.3) is 0 Å². The lowest BCUT2D eigenvalue weighted by atomic mass is 9.67. The Hall–Kier alpha value is -1.39. The van der Waals surface area contributed by atoms with Crippen molar-refractivity contribution in [2.24, 2.45) is 5.92 Å². The molecule has 3 heterocycles. The van der Waals surface area contributed by atoms with Crippen molar-refractivity contribution in [1.29, 1.82) is 0 Å². The lowest BCUT2D eigenvalue weighted by molar-refractivity contribution is -0.141. The number of carbonyl (C=O) groups excluding carboxylic acids is 1. The Labute approximate surface area is 118 Å². The van der Waals surface area contributed by atoms with Crippen molar-refractivity contribution in [3.8, 4) is 0 Å². The zero-order valence-corrected chi connectivity index (χ0v) is 11.7. The predicted octanol–water partition coefficient (Wildman–Crippen LogP) is 1.45. The lowest BCUT2D eigenvalue weighted by Gasteiger charge is -2.52. The molecule has 3 aliphatic heterocycles. The molecule has 0 radical (unpaired) electrons. The van der Waals surface area contributed by atoms with E-state index in [4.69, 9.17) is 9.47 Å². The number of fused-ring (bicyclic) bond motifs is 1. The number of ether oxygens (including phenoxy) is 2. The van der Waals surface area contributed by atoms with Gasteiger partial charge >= 0.3 is 5.97 Å². The Kier molecular flexibility index (Phi) is 2.66. The minimum atomic E-state index is -0.192. The van der Waals surface area contributed by atoms with Gasteiger partial charge in [0.1, 0.15) is 0 Å². The first-order chi connectivity index (χ1) is 9.74. The fourth-order valence-electron chi connectivity index (χ4n) is 4.22. The summed E-state index contributed by atoms with van der Waals surface area (Å²) >= 11 is 0. The number of cyclic esters (lactones) is 1.